The van der Waals surface area contributed by atoms with Crippen LogP contribution in [0.4, 0.5) is 0 Å². The van der Waals surface area contributed by atoms with Gasteiger partial charge in [-0.25, -0.2) is 4.79 Å². The summed E-state index contributed by atoms with van der Waals surface area (Å²) in [6.45, 7) is 3.96. The molecule has 0 saturated carbocycles. The normalized spacial score (nSPS) is 10.1. The number of hydrogen-bond donors (Lipinski definition) is 1. The van der Waals surface area contributed by atoms with E-state index < -0.39 is 5.97 Å². The molecule has 0 aliphatic carbocycles. The topological polar surface area (TPSA) is 46.5 Å². The van der Waals surface area contributed by atoms with Crippen LogP contribution < -0.4 is 0 Å². The van der Waals surface area contributed by atoms with Gasteiger partial charge < -0.3 is 9.84 Å². The van der Waals surface area contributed by atoms with Gasteiger partial charge in [0.2, 0.25) is 0 Å². The van der Waals surface area contributed by atoms with E-state index in [0.29, 0.717) is 12.4 Å². The summed E-state index contributed by atoms with van der Waals surface area (Å²) >= 11 is 0. The number of carbonyl (C=O) groups is 1. The molecular formula is C12H12O3. The van der Waals surface area contributed by atoms with Crippen molar-refractivity contribution in [2.75, 3.05) is 0 Å². The maximum atomic E-state index is 10.2. The number of carboxylic acids is 1. The van der Waals surface area contributed by atoms with Crippen LogP contribution in [0.25, 0.3) is 0 Å². The third-order valence-corrected chi connectivity index (χ3v) is 1.68. The van der Waals surface area contributed by atoms with Crippen LogP contribution in [-0.2, 0) is 16.1 Å². The van der Waals surface area contributed by atoms with E-state index in [-0.39, 0.29) is 0 Å². The molecule has 0 unspecified atom stereocenters. The van der Waals surface area contributed by atoms with Crippen LogP contribution in [0.15, 0.2) is 54.8 Å². The average molecular weight is 204 g/mol. The smallest absolute Gasteiger partial charge is 0.328 e. The standard InChI is InChI=1S/C12H12O3/c1-10(7-8-12(13)14)15-9-11-5-3-2-4-6-11/h2-8H,1,9H2,(H,13,14). The van der Waals surface area contributed by atoms with E-state index in [2.05, 4.69) is 6.58 Å². The third-order valence-electron chi connectivity index (χ3n) is 1.68. The van der Waals surface area contributed by atoms with Gasteiger partial charge in [0.05, 0.1) is 0 Å². The quantitative estimate of drug-likeness (QED) is 0.455. The van der Waals surface area contributed by atoms with E-state index in [4.69, 9.17) is 9.84 Å². The van der Waals surface area contributed by atoms with Crippen molar-refractivity contribution in [3.05, 3.63) is 60.4 Å². The second-order valence-corrected chi connectivity index (χ2v) is 2.91. The van der Waals surface area contributed by atoms with E-state index in [1.165, 1.54) is 6.08 Å². The van der Waals surface area contributed by atoms with Crippen LogP contribution in [0.2, 0.25) is 0 Å². The molecule has 0 amide bonds. The first kappa shape index (κ1) is 11.0. The maximum Gasteiger partial charge on any atom is 0.328 e. The minimum Gasteiger partial charge on any atom is -0.490 e. The zero-order valence-corrected chi connectivity index (χ0v) is 8.22. The summed E-state index contributed by atoms with van der Waals surface area (Å²) in [5.41, 5.74) is 1.02. The Morgan fingerprint density at radius 3 is 2.60 bits per heavy atom. The highest BCUT2D eigenvalue weighted by Gasteiger charge is 1.93. The Bertz CT molecular complexity index is 366. The highest BCUT2D eigenvalue weighted by Crippen LogP contribution is 2.05. The van der Waals surface area contributed by atoms with Crippen molar-refractivity contribution in [3.63, 3.8) is 0 Å². The molecule has 15 heavy (non-hydrogen) atoms. The molecule has 3 nitrogen and oxygen atoms in total. The SMILES string of the molecule is C=C(C=CC(=O)O)OCc1ccccc1. The first-order valence-electron chi connectivity index (χ1n) is 4.45. The monoisotopic (exact) mass is 204 g/mol. The number of benzene rings is 1. The van der Waals surface area contributed by atoms with Crippen molar-refractivity contribution in [3.8, 4) is 0 Å². The number of rotatable bonds is 5. The van der Waals surface area contributed by atoms with Crippen molar-refractivity contribution in [1.29, 1.82) is 0 Å². The summed E-state index contributed by atoms with van der Waals surface area (Å²) in [4.78, 5) is 10.2. The van der Waals surface area contributed by atoms with Gasteiger partial charge in [-0.15, -0.1) is 0 Å². The lowest BCUT2D eigenvalue weighted by Gasteiger charge is -2.04. The van der Waals surface area contributed by atoms with Gasteiger partial charge in [0.1, 0.15) is 12.4 Å². The molecule has 0 fully saturated rings. The maximum absolute atomic E-state index is 10.2. The predicted octanol–water partition coefficient (Wildman–Crippen LogP) is 2.36. The Balaban J connectivity index is 2.38. The van der Waals surface area contributed by atoms with E-state index >= 15 is 0 Å². The summed E-state index contributed by atoms with van der Waals surface area (Å²) in [7, 11) is 0. The molecule has 1 aromatic carbocycles. The zero-order valence-electron chi connectivity index (χ0n) is 8.22. The summed E-state index contributed by atoms with van der Waals surface area (Å²) < 4.78 is 5.23. The van der Waals surface area contributed by atoms with Crippen LogP contribution in [0.3, 0.4) is 0 Å². The molecule has 0 saturated heterocycles. The van der Waals surface area contributed by atoms with Crippen molar-refractivity contribution < 1.29 is 14.6 Å². The molecule has 1 rings (SSSR count). The van der Waals surface area contributed by atoms with Gasteiger partial charge >= 0.3 is 5.97 Å². The number of carboxylic acid groups (broad SMARTS) is 1. The largest absolute Gasteiger partial charge is 0.490 e. The predicted molar refractivity (Wildman–Crippen MR) is 57.1 cm³/mol. The molecule has 0 aliphatic heterocycles. The second-order valence-electron chi connectivity index (χ2n) is 2.91. The molecule has 0 heterocycles. The van der Waals surface area contributed by atoms with Gasteiger partial charge in [-0.1, -0.05) is 36.9 Å². The molecule has 78 valence electrons. The Kier molecular flexibility index (Phi) is 4.16. The van der Waals surface area contributed by atoms with Gasteiger partial charge in [-0.2, -0.15) is 0 Å². The summed E-state index contributed by atoms with van der Waals surface area (Å²) in [6, 6.07) is 9.59. The van der Waals surface area contributed by atoms with Crippen molar-refractivity contribution >= 4 is 5.97 Å². The Morgan fingerprint density at radius 1 is 1.33 bits per heavy atom. The molecule has 0 aromatic heterocycles. The average Bonchev–Trinajstić information content (AvgIpc) is 2.25. The molecule has 0 aliphatic rings. The lowest BCUT2D eigenvalue weighted by molar-refractivity contribution is -0.131. The molecule has 0 atom stereocenters. The minimum absolute atomic E-state index is 0.334. The fourth-order valence-corrected chi connectivity index (χ4v) is 0.963. The Morgan fingerprint density at radius 2 is 2.00 bits per heavy atom. The first-order valence-corrected chi connectivity index (χ1v) is 4.45. The molecule has 0 bridgehead atoms. The van der Waals surface area contributed by atoms with E-state index in [1.54, 1.807) is 0 Å². The van der Waals surface area contributed by atoms with Gasteiger partial charge in [-0.05, 0) is 11.6 Å². The highest BCUT2D eigenvalue weighted by atomic mass is 16.5. The van der Waals surface area contributed by atoms with Gasteiger partial charge in [0.15, 0.2) is 0 Å². The van der Waals surface area contributed by atoms with Gasteiger partial charge in [0, 0.05) is 6.08 Å². The molecule has 3 heteroatoms. The Hall–Kier alpha value is -2.03. The van der Waals surface area contributed by atoms with Gasteiger partial charge in [-0.3, -0.25) is 0 Å². The number of hydrogen-bond acceptors (Lipinski definition) is 2. The van der Waals surface area contributed by atoms with E-state index in [1.807, 2.05) is 30.3 Å². The molecule has 0 spiro atoms. The Labute approximate surface area is 88.3 Å². The van der Waals surface area contributed by atoms with Crippen LogP contribution in [0.1, 0.15) is 5.56 Å². The number of ether oxygens (including phenoxy) is 1. The lowest BCUT2D eigenvalue weighted by Crippen LogP contribution is -1.92. The van der Waals surface area contributed by atoms with Crippen LogP contribution in [-0.4, -0.2) is 11.1 Å². The molecule has 0 radical (unpaired) electrons. The molecule has 1 aromatic rings. The fourth-order valence-electron chi connectivity index (χ4n) is 0.963. The van der Waals surface area contributed by atoms with Crippen LogP contribution in [0, 0.1) is 0 Å². The minimum atomic E-state index is -1.01. The summed E-state index contributed by atoms with van der Waals surface area (Å²) in [6.07, 6.45) is 2.32. The third kappa shape index (κ3) is 4.67. The summed E-state index contributed by atoms with van der Waals surface area (Å²) in [5.74, 6) is -0.680. The zero-order chi connectivity index (χ0) is 11.1. The van der Waals surface area contributed by atoms with Crippen LogP contribution >= 0.6 is 0 Å². The van der Waals surface area contributed by atoms with Crippen molar-refractivity contribution in [1.82, 2.24) is 0 Å². The van der Waals surface area contributed by atoms with Crippen LogP contribution in [0.5, 0.6) is 0 Å². The summed E-state index contributed by atoms with van der Waals surface area (Å²) in [5, 5.41) is 8.36. The van der Waals surface area contributed by atoms with Crippen molar-refractivity contribution in [2.45, 2.75) is 6.61 Å². The van der Waals surface area contributed by atoms with Crippen molar-refractivity contribution in [2.24, 2.45) is 0 Å². The first-order chi connectivity index (χ1) is 7.18. The number of aliphatic carboxylic acids is 1. The molecule has 1 N–H and O–H groups in total. The second kappa shape index (κ2) is 5.65. The molecular weight excluding hydrogens is 192 g/mol. The lowest BCUT2D eigenvalue weighted by atomic mass is 10.2. The van der Waals surface area contributed by atoms with Gasteiger partial charge in [0.25, 0.3) is 0 Å². The highest BCUT2D eigenvalue weighted by molar-refractivity contribution is 5.80. The fraction of sp³-hybridized carbons (Fsp3) is 0.0833. The van der Waals surface area contributed by atoms with E-state index in [0.717, 1.165) is 11.6 Å². The van der Waals surface area contributed by atoms with E-state index in [9.17, 15) is 4.79 Å². The number of allylic oxidation sites excluding steroid dienone is 1.